The molecule has 1 aromatic carbocycles. The summed E-state index contributed by atoms with van der Waals surface area (Å²) in [5.74, 6) is 0.763. The molecule has 4 heteroatoms. The molecule has 1 aromatic heterocycles. The van der Waals surface area contributed by atoms with Gasteiger partial charge < -0.3 is 14.5 Å². The van der Waals surface area contributed by atoms with E-state index in [1.165, 1.54) is 12.8 Å². The molecule has 0 radical (unpaired) electrons. The van der Waals surface area contributed by atoms with Crippen LogP contribution in [0.5, 0.6) is 0 Å². The number of aliphatic hydroxyl groups is 1. The van der Waals surface area contributed by atoms with E-state index in [2.05, 4.69) is 17.0 Å². The normalized spacial score (nSPS) is 18.5. The van der Waals surface area contributed by atoms with Crippen LogP contribution in [-0.4, -0.2) is 34.8 Å². The molecule has 4 nitrogen and oxygen atoms in total. The average Bonchev–Trinajstić information content (AvgIpc) is 3.24. The van der Waals surface area contributed by atoms with Gasteiger partial charge in [0.15, 0.2) is 5.76 Å². The molecule has 2 atom stereocenters. The van der Waals surface area contributed by atoms with Gasteiger partial charge in [0, 0.05) is 24.1 Å². The number of aliphatic hydroxyl groups excluding tert-OH is 1. The third-order valence-electron chi connectivity index (χ3n) is 4.55. The summed E-state index contributed by atoms with van der Waals surface area (Å²) in [6, 6.07) is 11.8. The molecule has 2 heterocycles. The van der Waals surface area contributed by atoms with E-state index in [9.17, 15) is 5.11 Å². The van der Waals surface area contributed by atoms with Crippen molar-refractivity contribution in [3.05, 3.63) is 42.2 Å². The maximum atomic E-state index is 10.6. The standard InChI is InChI=1S/C18H24N2O2/c1-2-14(13-20-10-6-7-11-20)18(21)17-12-16(19-22-17)15-8-4-3-5-9-15/h3-5,8-9,12,14,18,21H,2,6-7,10-11,13H2,1H3. The molecular weight excluding hydrogens is 276 g/mol. The second-order valence-electron chi connectivity index (χ2n) is 6.10. The molecule has 2 unspecified atom stereocenters. The van der Waals surface area contributed by atoms with E-state index >= 15 is 0 Å². The van der Waals surface area contributed by atoms with E-state index in [1.807, 2.05) is 36.4 Å². The lowest BCUT2D eigenvalue weighted by molar-refractivity contribution is 0.0587. The van der Waals surface area contributed by atoms with E-state index in [0.717, 1.165) is 37.3 Å². The van der Waals surface area contributed by atoms with Gasteiger partial charge in [-0.25, -0.2) is 0 Å². The monoisotopic (exact) mass is 300 g/mol. The van der Waals surface area contributed by atoms with Crippen LogP contribution < -0.4 is 0 Å². The third kappa shape index (κ3) is 3.39. The van der Waals surface area contributed by atoms with Gasteiger partial charge in [-0.3, -0.25) is 0 Å². The summed E-state index contributed by atoms with van der Waals surface area (Å²) < 4.78 is 5.41. The highest BCUT2D eigenvalue weighted by atomic mass is 16.5. The highest BCUT2D eigenvalue weighted by molar-refractivity contribution is 5.58. The molecule has 1 saturated heterocycles. The van der Waals surface area contributed by atoms with E-state index in [4.69, 9.17) is 4.52 Å². The number of aromatic nitrogens is 1. The minimum absolute atomic E-state index is 0.190. The molecule has 3 rings (SSSR count). The predicted octanol–water partition coefficient (Wildman–Crippen LogP) is 3.50. The highest BCUT2D eigenvalue weighted by Gasteiger charge is 2.26. The van der Waals surface area contributed by atoms with Gasteiger partial charge in [0.1, 0.15) is 11.8 Å². The van der Waals surface area contributed by atoms with Crippen LogP contribution in [0.1, 0.15) is 38.1 Å². The summed E-state index contributed by atoms with van der Waals surface area (Å²) in [7, 11) is 0. The molecule has 0 amide bonds. The minimum Gasteiger partial charge on any atom is -0.385 e. The lowest BCUT2D eigenvalue weighted by atomic mass is 9.96. The van der Waals surface area contributed by atoms with Crippen molar-refractivity contribution in [2.75, 3.05) is 19.6 Å². The van der Waals surface area contributed by atoms with Crippen molar-refractivity contribution in [1.82, 2.24) is 10.1 Å². The molecule has 118 valence electrons. The van der Waals surface area contributed by atoms with E-state index in [1.54, 1.807) is 0 Å². The first-order chi connectivity index (χ1) is 10.8. The van der Waals surface area contributed by atoms with Crippen molar-refractivity contribution in [2.45, 2.75) is 32.3 Å². The van der Waals surface area contributed by atoms with Crippen LogP contribution in [0, 0.1) is 5.92 Å². The number of nitrogens with zero attached hydrogens (tertiary/aromatic N) is 2. The molecule has 0 aliphatic carbocycles. The number of benzene rings is 1. The molecule has 22 heavy (non-hydrogen) atoms. The first-order valence-corrected chi connectivity index (χ1v) is 8.20. The Morgan fingerprint density at radius 2 is 1.95 bits per heavy atom. The van der Waals surface area contributed by atoms with E-state index < -0.39 is 6.10 Å². The molecule has 1 N–H and O–H groups in total. The molecule has 0 spiro atoms. The molecule has 0 bridgehead atoms. The van der Waals surface area contributed by atoms with Crippen LogP contribution in [0.4, 0.5) is 0 Å². The topological polar surface area (TPSA) is 49.5 Å². The van der Waals surface area contributed by atoms with E-state index in [-0.39, 0.29) is 5.92 Å². The van der Waals surface area contributed by atoms with Gasteiger partial charge >= 0.3 is 0 Å². The Balaban J connectivity index is 1.70. The SMILES string of the molecule is CCC(CN1CCCC1)C(O)c1cc(-c2ccccc2)no1. The summed E-state index contributed by atoms with van der Waals surface area (Å²) >= 11 is 0. The predicted molar refractivity (Wildman–Crippen MR) is 86.4 cm³/mol. The summed E-state index contributed by atoms with van der Waals surface area (Å²) in [6.45, 7) is 5.35. The van der Waals surface area contributed by atoms with Gasteiger partial charge in [-0.15, -0.1) is 0 Å². The van der Waals surface area contributed by atoms with Crippen molar-refractivity contribution in [2.24, 2.45) is 5.92 Å². The van der Waals surface area contributed by atoms with Crippen LogP contribution in [-0.2, 0) is 0 Å². The zero-order chi connectivity index (χ0) is 15.4. The number of hydrogen-bond donors (Lipinski definition) is 1. The second kappa shape index (κ2) is 7.07. The fourth-order valence-electron chi connectivity index (χ4n) is 3.16. The molecule has 1 aliphatic rings. The lowest BCUT2D eigenvalue weighted by Crippen LogP contribution is -2.29. The average molecular weight is 300 g/mol. The maximum absolute atomic E-state index is 10.6. The van der Waals surface area contributed by atoms with Crippen LogP contribution in [0.3, 0.4) is 0 Å². The fourth-order valence-corrected chi connectivity index (χ4v) is 3.16. The Morgan fingerprint density at radius 1 is 1.23 bits per heavy atom. The first kappa shape index (κ1) is 15.3. The fraction of sp³-hybridized carbons (Fsp3) is 0.500. The zero-order valence-corrected chi connectivity index (χ0v) is 13.1. The summed E-state index contributed by atoms with van der Waals surface area (Å²) in [4.78, 5) is 2.44. The highest BCUT2D eigenvalue weighted by Crippen LogP contribution is 2.29. The third-order valence-corrected chi connectivity index (χ3v) is 4.55. The van der Waals surface area contributed by atoms with E-state index in [0.29, 0.717) is 5.76 Å². The Morgan fingerprint density at radius 3 is 2.64 bits per heavy atom. The smallest absolute Gasteiger partial charge is 0.166 e. The van der Waals surface area contributed by atoms with Crippen molar-refractivity contribution < 1.29 is 9.63 Å². The van der Waals surface area contributed by atoms with Crippen molar-refractivity contribution in [3.63, 3.8) is 0 Å². The molecule has 2 aromatic rings. The zero-order valence-electron chi connectivity index (χ0n) is 13.1. The molecule has 1 fully saturated rings. The number of rotatable bonds is 6. The van der Waals surface area contributed by atoms with Crippen molar-refractivity contribution >= 4 is 0 Å². The first-order valence-electron chi connectivity index (χ1n) is 8.20. The van der Waals surface area contributed by atoms with Gasteiger partial charge in [-0.05, 0) is 32.4 Å². The lowest BCUT2D eigenvalue weighted by Gasteiger charge is -2.25. The maximum Gasteiger partial charge on any atom is 0.166 e. The van der Waals surface area contributed by atoms with Gasteiger partial charge in [-0.1, -0.05) is 42.4 Å². The van der Waals surface area contributed by atoms with Gasteiger partial charge in [0.25, 0.3) is 0 Å². The van der Waals surface area contributed by atoms with Crippen LogP contribution >= 0.6 is 0 Å². The van der Waals surface area contributed by atoms with Gasteiger partial charge in [0.05, 0.1) is 0 Å². The Kier molecular flexibility index (Phi) is 4.90. The van der Waals surface area contributed by atoms with Crippen LogP contribution in [0.15, 0.2) is 40.9 Å². The Bertz CT molecular complexity index is 576. The molecule has 0 saturated carbocycles. The van der Waals surface area contributed by atoms with Crippen molar-refractivity contribution in [3.8, 4) is 11.3 Å². The largest absolute Gasteiger partial charge is 0.385 e. The summed E-state index contributed by atoms with van der Waals surface area (Å²) in [6.07, 6.45) is 2.88. The number of hydrogen-bond acceptors (Lipinski definition) is 4. The minimum atomic E-state index is -0.587. The Labute approximate surface area is 131 Å². The Hall–Kier alpha value is -1.65. The summed E-state index contributed by atoms with van der Waals surface area (Å²) in [5.41, 5.74) is 1.79. The quantitative estimate of drug-likeness (QED) is 0.887. The second-order valence-corrected chi connectivity index (χ2v) is 6.10. The van der Waals surface area contributed by atoms with Gasteiger partial charge in [0.2, 0.25) is 0 Å². The molecule has 1 aliphatic heterocycles. The summed E-state index contributed by atoms with van der Waals surface area (Å²) in [5, 5.41) is 14.7. The van der Waals surface area contributed by atoms with Crippen LogP contribution in [0.25, 0.3) is 11.3 Å². The van der Waals surface area contributed by atoms with Crippen molar-refractivity contribution in [1.29, 1.82) is 0 Å². The van der Waals surface area contributed by atoms with Crippen LogP contribution in [0.2, 0.25) is 0 Å². The van der Waals surface area contributed by atoms with Gasteiger partial charge in [-0.2, -0.15) is 0 Å². The number of likely N-dealkylation sites (tertiary alicyclic amines) is 1. The molecular formula is C18H24N2O2.